The van der Waals surface area contributed by atoms with Crippen LogP contribution in [0.25, 0.3) is 87.4 Å². The van der Waals surface area contributed by atoms with E-state index in [0.29, 0.717) is 17.5 Å². The van der Waals surface area contributed by atoms with Gasteiger partial charge in [-0.1, -0.05) is 109 Å². The molecule has 0 spiro atoms. The lowest BCUT2D eigenvalue weighted by Gasteiger charge is -2.08. The lowest BCUT2D eigenvalue weighted by atomic mass is 10.0. The van der Waals surface area contributed by atoms with Crippen LogP contribution in [0, 0.1) is 0 Å². The molecule has 5 heteroatoms. The van der Waals surface area contributed by atoms with Crippen LogP contribution >= 0.6 is 11.3 Å². The van der Waals surface area contributed by atoms with Gasteiger partial charge in [0, 0.05) is 53.2 Å². The summed E-state index contributed by atoms with van der Waals surface area (Å²) in [6.07, 6.45) is 0. The molecule has 0 atom stereocenters. The highest BCUT2D eigenvalue weighted by atomic mass is 32.1. The van der Waals surface area contributed by atoms with E-state index >= 15 is 0 Å². The van der Waals surface area contributed by atoms with Crippen LogP contribution in [0.3, 0.4) is 0 Å². The summed E-state index contributed by atoms with van der Waals surface area (Å²) in [7, 11) is 0. The summed E-state index contributed by atoms with van der Waals surface area (Å²) in [5.41, 5.74) is 6.75. The highest BCUT2D eigenvalue weighted by Crippen LogP contribution is 2.40. The molecule has 0 aliphatic rings. The molecule has 0 aliphatic carbocycles. The van der Waals surface area contributed by atoms with E-state index in [1.807, 2.05) is 84.1 Å². The smallest absolute Gasteiger partial charge is 0.164 e. The van der Waals surface area contributed by atoms with Crippen LogP contribution in [0.4, 0.5) is 0 Å². The normalized spacial score (nSPS) is 11.6. The first-order valence-electron chi connectivity index (χ1n) is 14.5. The fourth-order valence-electron chi connectivity index (χ4n) is 6.00. The molecule has 6 aromatic carbocycles. The summed E-state index contributed by atoms with van der Waals surface area (Å²) in [5.74, 6) is 1.91. The summed E-state index contributed by atoms with van der Waals surface area (Å²) in [4.78, 5) is 14.7. The van der Waals surface area contributed by atoms with Gasteiger partial charge in [0.05, 0.1) is 0 Å². The number of thiophene rings is 1. The van der Waals surface area contributed by atoms with Crippen LogP contribution in [0.5, 0.6) is 0 Å². The molecular formula is C39H23N3OS. The molecule has 3 heterocycles. The van der Waals surface area contributed by atoms with Gasteiger partial charge in [0.2, 0.25) is 0 Å². The summed E-state index contributed by atoms with van der Waals surface area (Å²) in [5, 5.41) is 4.69. The van der Waals surface area contributed by atoms with Crippen molar-refractivity contribution in [2.75, 3.05) is 0 Å². The molecule has 9 aromatic rings. The predicted octanol–water partition coefficient (Wildman–Crippen LogP) is 10.8. The van der Waals surface area contributed by atoms with Gasteiger partial charge in [-0.2, -0.15) is 0 Å². The summed E-state index contributed by atoms with van der Waals surface area (Å²) >= 11 is 1.83. The van der Waals surface area contributed by atoms with Crippen molar-refractivity contribution < 1.29 is 4.42 Å². The van der Waals surface area contributed by atoms with Crippen LogP contribution < -0.4 is 0 Å². The third-order valence-corrected chi connectivity index (χ3v) is 9.28. The SMILES string of the molecule is c1ccc(-c2nc(-c3ccccc3)nc(-c3ccc4oc5c(-c6ccc7c(c6)sc6ccccc67)cccc5c4c3)n2)cc1. The van der Waals surface area contributed by atoms with Crippen LogP contribution in [-0.2, 0) is 0 Å². The maximum atomic E-state index is 6.54. The Morgan fingerprint density at radius 3 is 1.77 bits per heavy atom. The monoisotopic (exact) mass is 581 g/mol. The lowest BCUT2D eigenvalue weighted by Crippen LogP contribution is -2.00. The Labute approximate surface area is 256 Å². The third-order valence-electron chi connectivity index (χ3n) is 8.14. The molecule has 0 unspecified atom stereocenters. The number of nitrogens with zero attached hydrogens (tertiary/aromatic N) is 3. The van der Waals surface area contributed by atoms with E-state index in [4.69, 9.17) is 19.4 Å². The number of fused-ring (bicyclic) bond motifs is 6. The molecule has 3 aromatic heterocycles. The second-order valence-electron chi connectivity index (χ2n) is 10.8. The number of furan rings is 1. The Bertz CT molecular complexity index is 2440. The highest BCUT2D eigenvalue weighted by Gasteiger charge is 2.17. The average Bonchev–Trinajstić information content (AvgIpc) is 3.66. The van der Waals surface area contributed by atoms with Gasteiger partial charge >= 0.3 is 0 Å². The number of hydrogen-bond donors (Lipinski definition) is 0. The van der Waals surface area contributed by atoms with Crippen LogP contribution in [0.1, 0.15) is 0 Å². The van der Waals surface area contributed by atoms with Gasteiger partial charge in [0.15, 0.2) is 17.5 Å². The first kappa shape index (κ1) is 24.9. The van der Waals surface area contributed by atoms with Gasteiger partial charge < -0.3 is 4.42 Å². The van der Waals surface area contributed by atoms with Gasteiger partial charge in [-0.05, 0) is 35.9 Å². The summed E-state index contributed by atoms with van der Waals surface area (Å²) in [6, 6.07) is 48.0. The fraction of sp³-hybridized carbons (Fsp3) is 0. The third kappa shape index (κ3) is 4.09. The van der Waals surface area contributed by atoms with Crippen molar-refractivity contribution in [1.82, 2.24) is 15.0 Å². The number of para-hydroxylation sites is 1. The van der Waals surface area contributed by atoms with E-state index in [1.54, 1.807) is 0 Å². The van der Waals surface area contributed by atoms with E-state index in [1.165, 1.54) is 20.2 Å². The van der Waals surface area contributed by atoms with Gasteiger partial charge in [-0.3, -0.25) is 0 Å². The minimum absolute atomic E-state index is 0.625. The second-order valence-corrected chi connectivity index (χ2v) is 11.9. The van der Waals surface area contributed by atoms with E-state index in [0.717, 1.165) is 49.8 Å². The minimum atomic E-state index is 0.625. The zero-order valence-corrected chi connectivity index (χ0v) is 24.3. The van der Waals surface area contributed by atoms with Crippen LogP contribution in [-0.4, -0.2) is 15.0 Å². The molecule has 4 nitrogen and oxygen atoms in total. The van der Waals surface area contributed by atoms with E-state index in [-0.39, 0.29) is 0 Å². The molecular weight excluding hydrogens is 559 g/mol. The molecule has 206 valence electrons. The first-order chi connectivity index (χ1) is 21.8. The summed E-state index contributed by atoms with van der Waals surface area (Å²) < 4.78 is 9.12. The van der Waals surface area contributed by atoms with Crippen molar-refractivity contribution in [2.45, 2.75) is 0 Å². The molecule has 0 saturated carbocycles. The average molecular weight is 582 g/mol. The first-order valence-corrected chi connectivity index (χ1v) is 15.3. The Hall–Kier alpha value is -5.65. The van der Waals surface area contributed by atoms with Crippen molar-refractivity contribution in [3.05, 3.63) is 140 Å². The van der Waals surface area contributed by atoms with Crippen LogP contribution in [0.2, 0.25) is 0 Å². The molecule has 0 amide bonds. The molecule has 0 bridgehead atoms. The Morgan fingerprint density at radius 2 is 1.02 bits per heavy atom. The maximum absolute atomic E-state index is 6.54. The van der Waals surface area contributed by atoms with Crippen molar-refractivity contribution in [1.29, 1.82) is 0 Å². The zero-order chi connectivity index (χ0) is 29.0. The van der Waals surface area contributed by atoms with E-state index in [2.05, 4.69) is 66.7 Å². The van der Waals surface area contributed by atoms with Gasteiger partial charge in [-0.25, -0.2) is 15.0 Å². The molecule has 0 radical (unpaired) electrons. The molecule has 0 fully saturated rings. The molecule has 0 N–H and O–H groups in total. The van der Waals surface area contributed by atoms with Crippen molar-refractivity contribution in [3.8, 4) is 45.3 Å². The van der Waals surface area contributed by atoms with Crippen LogP contribution in [0.15, 0.2) is 144 Å². The van der Waals surface area contributed by atoms with E-state index in [9.17, 15) is 0 Å². The molecule has 0 saturated heterocycles. The maximum Gasteiger partial charge on any atom is 0.164 e. The van der Waals surface area contributed by atoms with Crippen molar-refractivity contribution >= 4 is 53.4 Å². The number of rotatable bonds is 4. The summed E-state index contributed by atoms with van der Waals surface area (Å²) in [6.45, 7) is 0. The number of benzene rings is 6. The molecule has 9 rings (SSSR count). The molecule has 0 aliphatic heterocycles. The van der Waals surface area contributed by atoms with E-state index < -0.39 is 0 Å². The predicted molar refractivity (Wildman–Crippen MR) is 182 cm³/mol. The van der Waals surface area contributed by atoms with Gasteiger partial charge in [0.25, 0.3) is 0 Å². The number of hydrogen-bond acceptors (Lipinski definition) is 5. The Kier molecular flexibility index (Phi) is 5.64. The highest BCUT2D eigenvalue weighted by molar-refractivity contribution is 7.25. The quantitative estimate of drug-likeness (QED) is 0.207. The largest absolute Gasteiger partial charge is 0.455 e. The Balaban J connectivity index is 1.20. The Morgan fingerprint density at radius 1 is 0.409 bits per heavy atom. The minimum Gasteiger partial charge on any atom is -0.455 e. The van der Waals surface area contributed by atoms with Gasteiger partial charge in [-0.15, -0.1) is 11.3 Å². The van der Waals surface area contributed by atoms with Gasteiger partial charge in [0.1, 0.15) is 11.2 Å². The lowest BCUT2D eigenvalue weighted by molar-refractivity contribution is 0.670. The standard InChI is InChI=1S/C39H23N3OS/c1-3-10-24(11-4-1)37-40-38(25-12-5-2-6-13-25)42-39(41-37)27-19-21-33-32(22-27)31-16-9-15-28(36(31)43-33)26-18-20-30-29-14-7-8-17-34(29)44-35(30)23-26/h1-23H. The molecule has 44 heavy (non-hydrogen) atoms. The van der Waals surface area contributed by atoms with Crippen molar-refractivity contribution in [3.63, 3.8) is 0 Å². The van der Waals surface area contributed by atoms with Crippen molar-refractivity contribution in [2.24, 2.45) is 0 Å². The number of aromatic nitrogens is 3. The second kappa shape index (κ2) is 9.97. The fourth-order valence-corrected chi connectivity index (χ4v) is 7.14. The zero-order valence-electron chi connectivity index (χ0n) is 23.4. The topological polar surface area (TPSA) is 51.8 Å².